The molecule has 1 saturated heterocycles. The smallest absolute Gasteiger partial charge is 0.271 e. The van der Waals surface area contributed by atoms with Gasteiger partial charge in [-0.05, 0) is 36.4 Å². The monoisotopic (exact) mass is 440 g/mol. The van der Waals surface area contributed by atoms with E-state index in [1.807, 2.05) is 0 Å². The number of fused-ring (bicyclic) bond motifs is 3. The van der Waals surface area contributed by atoms with Gasteiger partial charge < -0.3 is 9.80 Å². The summed E-state index contributed by atoms with van der Waals surface area (Å²) in [6, 6.07) is 11.0. The molecule has 3 heterocycles. The van der Waals surface area contributed by atoms with Gasteiger partial charge in [0.1, 0.15) is 22.9 Å². The van der Waals surface area contributed by atoms with Crippen molar-refractivity contribution in [2.45, 2.75) is 6.54 Å². The highest BCUT2D eigenvalue weighted by Gasteiger charge is 2.23. The Morgan fingerprint density at radius 2 is 1.77 bits per heavy atom. The van der Waals surface area contributed by atoms with Crippen molar-refractivity contribution >= 4 is 43.2 Å². The van der Waals surface area contributed by atoms with Crippen LogP contribution >= 0.6 is 11.3 Å². The van der Waals surface area contributed by atoms with E-state index in [9.17, 15) is 18.4 Å². The van der Waals surface area contributed by atoms with Crippen LogP contribution in [-0.4, -0.2) is 46.5 Å². The SMILES string of the molecule is O=C(Cn1cnc2c(sc3cccc(F)c32)c1=O)N1CCN(c2ccc(F)cc2)CC1. The summed E-state index contributed by atoms with van der Waals surface area (Å²) in [7, 11) is 0. The lowest BCUT2D eigenvalue weighted by Gasteiger charge is -2.36. The zero-order valence-corrected chi connectivity index (χ0v) is 17.2. The average molecular weight is 440 g/mol. The van der Waals surface area contributed by atoms with Crippen molar-refractivity contribution in [2.75, 3.05) is 31.1 Å². The first-order valence-electron chi connectivity index (χ1n) is 9.86. The fraction of sp³-hybridized carbons (Fsp3) is 0.227. The maximum Gasteiger partial charge on any atom is 0.271 e. The standard InChI is InChI=1S/C22H18F2N4O2S/c23-14-4-6-15(7-5-14)26-8-10-27(11-9-26)18(29)12-28-13-25-20-19-16(24)2-1-3-17(19)31-21(20)22(28)30/h1-7,13H,8-12H2. The molecule has 0 radical (unpaired) electrons. The molecule has 1 aliphatic rings. The van der Waals surface area contributed by atoms with Crippen LogP contribution in [0.3, 0.4) is 0 Å². The van der Waals surface area contributed by atoms with Crippen LogP contribution in [0.4, 0.5) is 14.5 Å². The van der Waals surface area contributed by atoms with Gasteiger partial charge >= 0.3 is 0 Å². The predicted molar refractivity (Wildman–Crippen MR) is 117 cm³/mol. The minimum Gasteiger partial charge on any atom is -0.368 e. The highest BCUT2D eigenvalue weighted by molar-refractivity contribution is 7.25. The number of nitrogens with zero attached hydrogens (tertiary/aromatic N) is 4. The Balaban J connectivity index is 1.32. The van der Waals surface area contributed by atoms with Crippen LogP contribution in [0.5, 0.6) is 0 Å². The first-order valence-corrected chi connectivity index (χ1v) is 10.7. The number of halogens is 2. The molecule has 158 valence electrons. The van der Waals surface area contributed by atoms with Gasteiger partial charge in [0.05, 0.1) is 17.2 Å². The number of carbonyl (C=O) groups excluding carboxylic acids is 1. The quantitative estimate of drug-likeness (QED) is 0.491. The number of aromatic nitrogens is 2. The predicted octanol–water partition coefficient (Wildman–Crippen LogP) is 3.24. The van der Waals surface area contributed by atoms with Gasteiger partial charge in [0.2, 0.25) is 5.91 Å². The summed E-state index contributed by atoms with van der Waals surface area (Å²) < 4.78 is 29.6. The summed E-state index contributed by atoms with van der Waals surface area (Å²) in [5.74, 6) is -0.868. The van der Waals surface area contributed by atoms with Crippen molar-refractivity contribution in [3.05, 3.63) is 70.8 Å². The highest BCUT2D eigenvalue weighted by Crippen LogP contribution is 2.31. The molecule has 4 aromatic rings. The maximum absolute atomic E-state index is 14.2. The molecule has 2 aromatic heterocycles. The lowest BCUT2D eigenvalue weighted by atomic mass is 10.2. The number of rotatable bonds is 3. The highest BCUT2D eigenvalue weighted by atomic mass is 32.1. The molecule has 0 aliphatic carbocycles. The van der Waals surface area contributed by atoms with E-state index in [1.54, 1.807) is 29.2 Å². The molecule has 0 atom stereocenters. The fourth-order valence-corrected chi connectivity index (χ4v) is 5.01. The molecule has 0 saturated carbocycles. The van der Waals surface area contributed by atoms with Crippen LogP contribution in [0.1, 0.15) is 0 Å². The summed E-state index contributed by atoms with van der Waals surface area (Å²) in [6.45, 7) is 2.15. The number of thiophene rings is 1. The van der Waals surface area contributed by atoms with Crippen LogP contribution in [0.15, 0.2) is 53.6 Å². The Morgan fingerprint density at radius 1 is 1.03 bits per heavy atom. The van der Waals surface area contributed by atoms with Crippen LogP contribution in [-0.2, 0) is 11.3 Å². The molecule has 0 bridgehead atoms. The van der Waals surface area contributed by atoms with Gasteiger partial charge in [-0.15, -0.1) is 11.3 Å². The average Bonchev–Trinajstić information content (AvgIpc) is 3.17. The number of benzene rings is 2. The van der Waals surface area contributed by atoms with Crippen molar-refractivity contribution in [1.82, 2.24) is 14.5 Å². The van der Waals surface area contributed by atoms with Gasteiger partial charge in [0.25, 0.3) is 5.56 Å². The number of hydrogen-bond donors (Lipinski definition) is 0. The molecule has 1 amide bonds. The minimum absolute atomic E-state index is 0.116. The van der Waals surface area contributed by atoms with Gasteiger partial charge in [-0.25, -0.2) is 13.8 Å². The molecule has 9 heteroatoms. The largest absolute Gasteiger partial charge is 0.368 e. The number of hydrogen-bond acceptors (Lipinski definition) is 5. The maximum atomic E-state index is 14.2. The Kier molecular flexibility index (Phi) is 4.90. The Labute approximate surface area is 179 Å². The summed E-state index contributed by atoms with van der Waals surface area (Å²) in [5, 5.41) is 0.343. The zero-order valence-electron chi connectivity index (χ0n) is 16.4. The van der Waals surface area contributed by atoms with E-state index in [0.717, 1.165) is 5.69 Å². The molecule has 5 rings (SSSR count). The molecule has 0 unspecified atom stereocenters. The number of carbonyl (C=O) groups is 1. The van der Waals surface area contributed by atoms with E-state index in [-0.39, 0.29) is 23.8 Å². The van der Waals surface area contributed by atoms with Crippen LogP contribution in [0.2, 0.25) is 0 Å². The molecular formula is C22H18F2N4O2S. The van der Waals surface area contributed by atoms with Crippen molar-refractivity contribution in [3.63, 3.8) is 0 Å². The second kappa shape index (κ2) is 7.73. The topological polar surface area (TPSA) is 58.4 Å². The van der Waals surface area contributed by atoms with E-state index in [0.29, 0.717) is 46.5 Å². The molecule has 0 spiro atoms. The van der Waals surface area contributed by atoms with E-state index < -0.39 is 5.82 Å². The van der Waals surface area contributed by atoms with Gasteiger partial charge in [-0.3, -0.25) is 14.2 Å². The third-order valence-electron chi connectivity index (χ3n) is 5.55. The van der Waals surface area contributed by atoms with Crippen LogP contribution in [0.25, 0.3) is 20.3 Å². The summed E-state index contributed by atoms with van der Waals surface area (Å²) in [6.07, 6.45) is 1.32. The zero-order chi connectivity index (χ0) is 21.5. The van der Waals surface area contributed by atoms with E-state index in [1.165, 1.54) is 40.4 Å². The Morgan fingerprint density at radius 3 is 2.52 bits per heavy atom. The van der Waals surface area contributed by atoms with Crippen molar-refractivity contribution in [2.24, 2.45) is 0 Å². The first-order chi connectivity index (χ1) is 15.0. The van der Waals surface area contributed by atoms with Crippen LogP contribution < -0.4 is 10.5 Å². The third kappa shape index (κ3) is 3.54. The van der Waals surface area contributed by atoms with E-state index >= 15 is 0 Å². The molecule has 1 aliphatic heterocycles. The second-order valence-corrected chi connectivity index (χ2v) is 8.47. The first kappa shape index (κ1) is 19.6. The fourth-order valence-electron chi connectivity index (χ4n) is 3.89. The van der Waals surface area contributed by atoms with Gasteiger partial charge in [-0.1, -0.05) is 6.07 Å². The molecule has 1 fully saturated rings. The third-order valence-corrected chi connectivity index (χ3v) is 6.68. The minimum atomic E-state index is -0.413. The normalized spacial score (nSPS) is 14.5. The van der Waals surface area contributed by atoms with Crippen LogP contribution in [0, 0.1) is 11.6 Å². The molecule has 6 nitrogen and oxygen atoms in total. The summed E-state index contributed by atoms with van der Waals surface area (Å²) in [4.78, 5) is 33.8. The van der Waals surface area contributed by atoms with Crippen molar-refractivity contribution in [3.8, 4) is 0 Å². The van der Waals surface area contributed by atoms with Crippen molar-refractivity contribution < 1.29 is 13.6 Å². The summed E-state index contributed by atoms with van der Waals surface area (Å²) in [5.41, 5.74) is 0.903. The molecule has 2 aromatic carbocycles. The molecule has 31 heavy (non-hydrogen) atoms. The lowest BCUT2D eigenvalue weighted by Crippen LogP contribution is -2.50. The van der Waals surface area contributed by atoms with E-state index in [4.69, 9.17) is 0 Å². The number of amides is 1. The molecule has 0 N–H and O–H groups in total. The second-order valence-electron chi connectivity index (χ2n) is 7.41. The van der Waals surface area contributed by atoms with Gasteiger partial charge in [0, 0.05) is 36.6 Å². The number of piperazine rings is 1. The Hall–Kier alpha value is -3.33. The van der Waals surface area contributed by atoms with E-state index in [2.05, 4.69) is 9.88 Å². The lowest BCUT2D eigenvalue weighted by molar-refractivity contribution is -0.132. The summed E-state index contributed by atoms with van der Waals surface area (Å²) >= 11 is 1.18. The number of anilines is 1. The van der Waals surface area contributed by atoms with Crippen molar-refractivity contribution in [1.29, 1.82) is 0 Å². The van der Waals surface area contributed by atoms with Gasteiger partial charge in [-0.2, -0.15) is 0 Å². The molecular weight excluding hydrogens is 422 g/mol. The Bertz CT molecular complexity index is 1340. The van der Waals surface area contributed by atoms with Gasteiger partial charge in [0.15, 0.2) is 0 Å².